The molecule has 6 heteroatoms. The van der Waals surface area contributed by atoms with Crippen molar-refractivity contribution in [1.82, 2.24) is 0 Å². The number of benzene rings is 1. The van der Waals surface area contributed by atoms with Crippen LogP contribution < -0.4 is 0 Å². The van der Waals surface area contributed by atoms with Gasteiger partial charge in [-0.2, -0.15) is 0 Å². The number of aliphatic hydroxyl groups is 1. The van der Waals surface area contributed by atoms with Crippen molar-refractivity contribution in [2.75, 3.05) is 0 Å². The molecule has 1 N–H and O–H groups in total. The summed E-state index contributed by atoms with van der Waals surface area (Å²) in [5.74, 6) is -0.437. The normalized spacial score (nSPS) is 13.4. The minimum atomic E-state index is -0.871. The van der Waals surface area contributed by atoms with E-state index in [0.29, 0.717) is 25.8 Å². The molecule has 0 amide bonds. The van der Waals surface area contributed by atoms with Crippen molar-refractivity contribution in [3.63, 3.8) is 0 Å². The molecule has 108 valence electrons. The van der Waals surface area contributed by atoms with Crippen LogP contribution in [0.15, 0.2) is 24.3 Å². The molecule has 0 spiro atoms. The predicted octanol–water partition coefficient (Wildman–Crippen LogP) is 3.11. The fraction of sp³-hybridized carbons (Fsp3) is 0.500. The minimum absolute atomic E-state index is 0.0124. The number of nitro groups is 1. The second-order valence-electron chi connectivity index (χ2n) is 4.46. The number of non-ortho nitro benzene ring substituents is 1. The SMILES string of the molecule is CCCC[Se]CC(C#N)C(O)c1ccc([N+](=O)[O-])cc1. The van der Waals surface area contributed by atoms with Crippen molar-refractivity contribution in [3.05, 3.63) is 39.9 Å². The summed E-state index contributed by atoms with van der Waals surface area (Å²) in [6.07, 6.45) is 1.43. The third-order valence-electron chi connectivity index (χ3n) is 2.93. The summed E-state index contributed by atoms with van der Waals surface area (Å²) in [5, 5.41) is 31.7. The maximum absolute atomic E-state index is 10.6. The molecule has 0 fully saturated rings. The summed E-state index contributed by atoms with van der Waals surface area (Å²) in [6, 6.07) is 7.90. The van der Waals surface area contributed by atoms with E-state index in [9.17, 15) is 15.2 Å². The van der Waals surface area contributed by atoms with Gasteiger partial charge in [-0.3, -0.25) is 0 Å². The fourth-order valence-corrected chi connectivity index (χ4v) is 4.14. The summed E-state index contributed by atoms with van der Waals surface area (Å²) in [6.45, 7) is 2.13. The summed E-state index contributed by atoms with van der Waals surface area (Å²) in [7, 11) is 0. The number of aliphatic hydroxyl groups excluding tert-OH is 1. The maximum atomic E-state index is 10.6. The monoisotopic (exact) mass is 342 g/mol. The van der Waals surface area contributed by atoms with Gasteiger partial charge in [-0.15, -0.1) is 0 Å². The number of unbranched alkanes of at least 4 members (excludes halogenated alkanes) is 1. The van der Waals surface area contributed by atoms with E-state index in [4.69, 9.17) is 5.26 Å². The van der Waals surface area contributed by atoms with Crippen molar-refractivity contribution in [3.8, 4) is 6.07 Å². The second kappa shape index (κ2) is 8.70. The quantitative estimate of drug-likeness (QED) is 0.341. The van der Waals surface area contributed by atoms with Crippen LogP contribution in [0.25, 0.3) is 0 Å². The first-order chi connectivity index (χ1) is 9.60. The van der Waals surface area contributed by atoms with E-state index in [0.717, 1.165) is 18.2 Å². The Morgan fingerprint density at radius 2 is 2.10 bits per heavy atom. The Labute approximate surface area is 124 Å². The average molecular weight is 341 g/mol. The third kappa shape index (κ3) is 4.93. The second-order valence-corrected chi connectivity index (χ2v) is 6.87. The molecule has 0 saturated carbocycles. The Kier molecular flexibility index (Phi) is 7.24. The Morgan fingerprint density at radius 1 is 1.45 bits per heavy atom. The summed E-state index contributed by atoms with van der Waals surface area (Å²) >= 11 is 0.359. The van der Waals surface area contributed by atoms with Crippen LogP contribution in [0.2, 0.25) is 10.6 Å². The van der Waals surface area contributed by atoms with E-state index in [1.807, 2.05) is 0 Å². The zero-order chi connectivity index (χ0) is 15.0. The number of nitriles is 1. The molecule has 0 heterocycles. The van der Waals surface area contributed by atoms with Crippen LogP contribution in [0.5, 0.6) is 0 Å². The third-order valence-corrected chi connectivity index (χ3v) is 5.39. The van der Waals surface area contributed by atoms with E-state index in [1.165, 1.54) is 24.3 Å². The number of hydrogen-bond acceptors (Lipinski definition) is 4. The topological polar surface area (TPSA) is 87.2 Å². The molecule has 0 radical (unpaired) electrons. The zero-order valence-electron chi connectivity index (χ0n) is 11.4. The van der Waals surface area contributed by atoms with Crippen LogP contribution in [0, 0.1) is 27.4 Å². The van der Waals surface area contributed by atoms with Crippen molar-refractivity contribution in [2.24, 2.45) is 5.92 Å². The molecule has 0 aromatic heterocycles. The molecule has 0 saturated heterocycles. The van der Waals surface area contributed by atoms with Crippen LogP contribution in [0.1, 0.15) is 31.4 Å². The van der Waals surface area contributed by atoms with E-state index in [-0.39, 0.29) is 5.69 Å². The van der Waals surface area contributed by atoms with Crippen molar-refractivity contribution < 1.29 is 10.0 Å². The van der Waals surface area contributed by atoms with Gasteiger partial charge >= 0.3 is 124 Å². The van der Waals surface area contributed by atoms with Crippen LogP contribution in [0.4, 0.5) is 5.69 Å². The van der Waals surface area contributed by atoms with Gasteiger partial charge in [-0.05, 0) is 0 Å². The first-order valence-corrected chi connectivity index (χ1v) is 8.92. The van der Waals surface area contributed by atoms with Gasteiger partial charge in [0.25, 0.3) is 0 Å². The Hall–Kier alpha value is -1.41. The molecule has 20 heavy (non-hydrogen) atoms. The molecule has 0 aliphatic carbocycles. The molecular formula is C14H18N2O3Se. The number of hydrogen-bond donors (Lipinski definition) is 1. The molecule has 0 aliphatic heterocycles. The number of nitro benzene ring substituents is 1. The molecule has 1 rings (SSSR count). The van der Waals surface area contributed by atoms with Gasteiger partial charge in [0.2, 0.25) is 0 Å². The van der Waals surface area contributed by atoms with Crippen molar-refractivity contribution in [2.45, 2.75) is 36.5 Å². The molecular weight excluding hydrogens is 323 g/mol. The Morgan fingerprint density at radius 3 is 2.60 bits per heavy atom. The summed E-state index contributed by atoms with van der Waals surface area (Å²) in [4.78, 5) is 10.1. The average Bonchev–Trinajstić information content (AvgIpc) is 2.47. The van der Waals surface area contributed by atoms with Crippen LogP contribution in [-0.2, 0) is 0 Å². The molecule has 2 unspecified atom stereocenters. The van der Waals surface area contributed by atoms with Crippen LogP contribution in [0.3, 0.4) is 0 Å². The molecule has 0 bridgehead atoms. The van der Waals surface area contributed by atoms with Gasteiger partial charge in [0.15, 0.2) is 0 Å². The number of nitrogens with zero attached hydrogens (tertiary/aromatic N) is 2. The Balaban J connectivity index is 2.63. The van der Waals surface area contributed by atoms with Gasteiger partial charge in [0.05, 0.1) is 0 Å². The van der Waals surface area contributed by atoms with Gasteiger partial charge < -0.3 is 0 Å². The fourth-order valence-electron chi connectivity index (χ4n) is 1.68. The van der Waals surface area contributed by atoms with Gasteiger partial charge in [0, 0.05) is 0 Å². The summed E-state index contributed by atoms with van der Waals surface area (Å²) < 4.78 is 0. The molecule has 1 aromatic carbocycles. The first kappa shape index (κ1) is 16.6. The van der Waals surface area contributed by atoms with Crippen LogP contribution in [-0.4, -0.2) is 25.0 Å². The van der Waals surface area contributed by atoms with Crippen molar-refractivity contribution >= 4 is 20.6 Å². The number of rotatable bonds is 8. The van der Waals surface area contributed by atoms with Gasteiger partial charge in [0.1, 0.15) is 0 Å². The van der Waals surface area contributed by atoms with Crippen LogP contribution >= 0.6 is 0 Å². The molecule has 0 aliphatic rings. The Bertz CT molecular complexity index is 470. The molecule has 2 atom stereocenters. The standard InChI is InChI=1S/C14H18N2O3Se/c1-2-3-8-20-10-12(9-15)14(17)11-4-6-13(7-5-11)16(18)19/h4-7,12,14,17H,2-3,8,10H2,1H3. The van der Waals surface area contributed by atoms with E-state index >= 15 is 0 Å². The van der Waals surface area contributed by atoms with E-state index < -0.39 is 16.9 Å². The van der Waals surface area contributed by atoms with Gasteiger partial charge in [-0.25, -0.2) is 0 Å². The summed E-state index contributed by atoms with van der Waals surface area (Å²) in [5.41, 5.74) is 0.551. The molecule has 1 aromatic rings. The van der Waals surface area contributed by atoms with Crippen molar-refractivity contribution in [1.29, 1.82) is 5.26 Å². The van der Waals surface area contributed by atoms with E-state index in [2.05, 4.69) is 13.0 Å². The van der Waals surface area contributed by atoms with E-state index in [1.54, 1.807) is 0 Å². The zero-order valence-corrected chi connectivity index (χ0v) is 13.1. The first-order valence-electron chi connectivity index (χ1n) is 6.50. The van der Waals surface area contributed by atoms with Gasteiger partial charge in [-0.1, -0.05) is 0 Å². The molecule has 5 nitrogen and oxygen atoms in total. The predicted molar refractivity (Wildman–Crippen MR) is 77.4 cm³/mol.